The number of allylic oxidation sites excluding steroid dienone is 2. The van der Waals surface area contributed by atoms with Crippen LogP contribution < -0.4 is 11.5 Å². The maximum Gasteiger partial charge on any atom is 0.235 e. The number of amides is 1. The van der Waals surface area contributed by atoms with Crippen LogP contribution in [0.5, 0.6) is 0 Å². The summed E-state index contributed by atoms with van der Waals surface area (Å²) >= 11 is 4.76. The fourth-order valence-corrected chi connectivity index (χ4v) is 9.87. The molecule has 0 bridgehead atoms. The van der Waals surface area contributed by atoms with E-state index in [0.29, 0.717) is 16.7 Å². The van der Waals surface area contributed by atoms with Gasteiger partial charge >= 0.3 is 0 Å². The van der Waals surface area contributed by atoms with Gasteiger partial charge in [0.25, 0.3) is 0 Å². The highest BCUT2D eigenvalue weighted by Gasteiger charge is 2.59. The van der Waals surface area contributed by atoms with Gasteiger partial charge in [-0.25, -0.2) is 0 Å². The number of rotatable bonds is 8. The van der Waals surface area contributed by atoms with Crippen LogP contribution >= 0.6 is 12.6 Å². The molecule has 0 aromatic heterocycles. The lowest BCUT2D eigenvalue weighted by Gasteiger charge is -2.59. The first-order valence-corrected chi connectivity index (χ1v) is 14.9. The van der Waals surface area contributed by atoms with Crippen LogP contribution in [0.1, 0.15) is 105 Å². The molecule has 194 valence electrons. The largest absolute Gasteiger partial charge is 0.368 e. The van der Waals surface area contributed by atoms with E-state index in [1.807, 2.05) is 0 Å². The Morgan fingerprint density at radius 1 is 1.09 bits per heavy atom. The monoisotopic (exact) mass is 488 g/mol. The molecule has 4 rings (SSSR count). The number of primary amides is 1. The second kappa shape index (κ2) is 10.1. The van der Waals surface area contributed by atoms with Crippen molar-refractivity contribution in [3.05, 3.63) is 11.6 Å². The zero-order chi connectivity index (χ0) is 24.8. The Morgan fingerprint density at radius 3 is 2.50 bits per heavy atom. The fourth-order valence-electron chi connectivity index (χ4n) is 9.47. The van der Waals surface area contributed by atoms with E-state index in [-0.39, 0.29) is 5.25 Å². The van der Waals surface area contributed by atoms with Gasteiger partial charge in [-0.1, -0.05) is 65.5 Å². The summed E-state index contributed by atoms with van der Waals surface area (Å²) in [6, 6.07) is -0.650. The van der Waals surface area contributed by atoms with Gasteiger partial charge in [0.05, 0.1) is 6.04 Å². The SMILES string of the molecule is CC(C)CCC[C@@H](C)[C@H]1CCC2C3CC=C4CC(C(S)[C@H](N)C(N)=O)CC[C@]4(C)C3CC[C@@]21C. The summed E-state index contributed by atoms with van der Waals surface area (Å²) < 4.78 is 0. The molecule has 3 nitrogen and oxygen atoms in total. The third-order valence-electron chi connectivity index (χ3n) is 11.5. The van der Waals surface area contributed by atoms with E-state index in [2.05, 4.69) is 40.7 Å². The Labute approximate surface area is 215 Å². The van der Waals surface area contributed by atoms with Crippen LogP contribution in [0.4, 0.5) is 0 Å². The first-order valence-electron chi connectivity index (χ1n) is 14.4. The van der Waals surface area contributed by atoms with Crippen molar-refractivity contribution in [2.45, 2.75) is 117 Å². The standard InChI is InChI=1S/C30H52N2OS/c1-18(2)7-6-8-19(3)23-11-12-24-22-10-9-21-17-20(27(34)26(31)28(32)33)13-15-29(21,4)25(22)14-16-30(23,24)5/h9,18-20,22-27,34H,6-8,10-17,31H2,1-5H3,(H2,32,33)/t19-,20?,22?,23-,24?,25?,26+,27?,29+,30-/m1/s1. The topological polar surface area (TPSA) is 69.1 Å². The molecule has 1 amide bonds. The van der Waals surface area contributed by atoms with Crippen LogP contribution in [0.25, 0.3) is 0 Å². The van der Waals surface area contributed by atoms with Crippen LogP contribution in [0, 0.1) is 52.3 Å². The number of thiol groups is 1. The summed E-state index contributed by atoms with van der Waals surface area (Å²) in [6.45, 7) is 12.5. The molecule has 0 saturated heterocycles. The van der Waals surface area contributed by atoms with Crippen molar-refractivity contribution < 1.29 is 4.79 Å². The molecule has 0 radical (unpaired) electrons. The zero-order valence-corrected chi connectivity index (χ0v) is 23.5. The molecule has 4 N–H and O–H groups in total. The smallest absolute Gasteiger partial charge is 0.235 e. The van der Waals surface area contributed by atoms with Crippen LogP contribution in [0.2, 0.25) is 0 Å². The molecule has 4 aliphatic rings. The van der Waals surface area contributed by atoms with Crippen molar-refractivity contribution in [3.8, 4) is 0 Å². The van der Waals surface area contributed by atoms with E-state index in [0.717, 1.165) is 48.3 Å². The van der Waals surface area contributed by atoms with Crippen LogP contribution in [-0.2, 0) is 4.79 Å². The highest BCUT2D eigenvalue weighted by atomic mass is 32.1. The molecule has 0 spiro atoms. The van der Waals surface area contributed by atoms with E-state index in [1.54, 1.807) is 5.57 Å². The van der Waals surface area contributed by atoms with Gasteiger partial charge in [0.1, 0.15) is 0 Å². The summed E-state index contributed by atoms with van der Waals surface area (Å²) in [4.78, 5) is 11.6. The van der Waals surface area contributed by atoms with Gasteiger partial charge in [-0.15, -0.1) is 0 Å². The van der Waals surface area contributed by atoms with Gasteiger partial charge in [-0.05, 0) is 104 Å². The Morgan fingerprint density at radius 2 is 1.82 bits per heavy atom. The molecule has 0 aliphatic heterocycles. The van der Waals surface area contributed by atoms with E-state index < -0.39 is 11.9 Å². The lowest BCUT2D eigenvalue weighted by atomic mass is 9.46. The van der Waals surface area contributed by atoms with E-state index in [4.69, 9.17) is 24.1 Å². The molecule has 3 saturated carbocycles. The molecular weight excluding hydrogens is 436 g/mol. The van der Waals surface area contributed by atoms with Crippen molar-refractivity contribution in [2.24, 2.45) is 63.7 Å². The molecule has 4 heteroatoms. The second-order valence-electron chi connectivity index (χ2n) is 13.7. The number of nitrogens with two attached hydrogens (primary N) is 2. The van der Waals surface area contributed by atoms with Crippen molar-refractivity contribution in [2.75, 3.05) is 0 Å². The minimum atomic E-state index is -0.650. The van der Waals surface area contributed by atoms with Crippen LogP contribution in [0.3, 0.4) is 0 Å². The maximum absolute atomic E-state index is 11.6. The Bertz CT molecular complexity index is 780. The van der Waals surface area contributed by atoms with Crippen molar-refractivity contribution >= 4 is 18.5 Å². The van der Waals surface area contributed by atoms with Gasteiger partial charge in [0.15, 0.2) is 0 Å². The lowest BCUT2D eigenvalue weighted by Crippen LogP contribution is -2.52. The molecule has 34 heavy (non-hydrogen) atoms. The maximum atomic E-state index is 11.6. The number of fused-ring (bicyclic) bond motifs is 5. The lowest BCUT2D eigenvalue weighted by molar-refractivity contribution is -0.119. The average molecular weight is 489 g/mol. The minimum Gasteiger partial charge on any atom is -0.368 e. The molecule has 5 unspecified atom stereocenters. The van der Waals surface area contributed by atoms with E-state index in [9.17, 15) is 4.79 Å². The third-order valence-corrected chi connectivity index (χ3v) is 12.3. The first kappa shape index (κ1) is 26.6. The summed E-state index contributed by atoms with van der Waals surface area (Å²) in [5.41, 5.74) is 14.1. The van der Waals surface area contributed by atoms with Crippen molar-refractivity contribution in [3.63, 3.8) is 0 Å². The predicted octanol–water partition coefficient (Wildman–Crippen LogP) is 6.76. The van der Waals surface area contributed by atoms with E-state index >= 15 is 0 Å². The van der Waals surface area contributed by atoms with Crippen molar-refractivity contribution in [1.82, 2.24) is 0 Å². The number of carbonyl (C=O) groups excluding carboxylic acids is 1. The van der Waals surface area contributed by atoms with Crippen LogP contribution in [0.15, 0.2) is 11.6 Å². The Hall–Kier alpha value is -0.480. The highest BCUT2D eigenvalue weighted by Crippen LogP contribution is 2.67. The van der Waals surface area contributed by atoms with Gasteiger partial charge < -0.3 is 11.5 Å². The van der Waals surface area contributed by atoms with Gasteiger partial charge in [0, 0.05) is 5.25 Å². The summed E-state index contributed by atoms with van der Waals surface area (Å²) in [7, 11) is 0. The summed E-state index contributed by atoms with van der Waals surface area (Å²) in [5, 5.41) is -0.136. The summed E-state index contributed by atoms with van der Waals surface area (Å²) in [5.74, 6) is 5.13. The molecule has 0 aromatic rings. The molecule has 0 heterocycles. The highest BCUT2D eigenvalue weighted by molar-refractivity contribution is 7.81. The van der Waals surface area contributed by atoms with Gasteiger partial charge in [-0.3, -0.25) is 4.79 Å². The fraction of sp³-hybridized carbons (Fsp3) is 0.900. The molecular formula is C30H52N2OS. The Kier molecular flexibility index (Phi) is 7.91. The molecule has 4 aliphatic carbocycles. The first-order chi connectivity index (χ1) is 16.0. The number of hydrogen-bond donors (Lipinski definition) is 3. The predicted molar refractivity (Wildman–Crippen MR) is 146 cm³/mol. The third kappa shape index (κ3) is 4.64. The molecule has 0 aromatic carbocycles. The van der Waals surface area contributed by atoms with Gasteiger partial charge in [-0.2, -0.15) is 12.6 Å². The normalized spacial score (nSPS) is 42.2. The average Bonchev–Trinajstić information content (AvgIpc) is 3.14. The Balaban J connectivity index is 1.46. The van der Waals surface area contributed by atoms with E-state index in [1.165, 1.54) is 57.8 Å². The number of carbonyl (C=O) groups is 1. The molecule has 10 atom stereocenters. The second-order valence-corrected chi connectivity index (χ2v) is 14.3. The zero-order valence-electron chi connectivity index (χ0n) is 22.6. The quantitative estimate of drug-likeness (QED) is 0.261. The van der Waals surface area contributed by atoms with Crippen molar-refractivity contribution in [1.29, 1.82) is 0 Å². The van der Waals surface area contributed by atoms with Crippen LogP contribution in [-0.4, -0.2) is 17.2 Å². The minimum absolute atomic E-state index is 0.136. The van der Waals surface area contributed by atoms with Gasteiger partial charge in [0.2, 0.25) is 5.91 Å². The number of hydrogen-bond acceptors (Lipinski definition) is 3. The molecule has 3 fully saturated rings. The summed E-state index contributed by atoms with van der Waals surface area (Å²) in [6.07, 6.45) is 17.2.